The molecule has 0 bridgehead atoms. The quantitative estimate of drug-likeness (QED) is 0.797. The van der Waals surface area contributed by atoms with Gasteiger partial charge in [-0.1, -0.05) is 32.0 Å². The van der Waals surface area contributed by atoms with Crippen molar-refractivity contribution in [3.63, 3.8) is 0 Å². The molecule has 1 N–H and O–H groups in total. The molecule has 2 saturated heterocycles. The van der Waals surface area contributed by atoms with Crippen molar-refractivity contribution in [3.8, 4) is 0 Å². The van der Waals surface area contributed by atoms with Crippen LogP contribution in [0.1, 0.15) is 20.3 Å². The lowest BCUT2D eigenvalue weighted by Gasteiger charge is -2.40. The van der Waals surface area contributed by atoms with Crippen LogP contribution in [0.15, 0.2) is 30.3 Å². The molecule has 1 aromatic carbocycles. The van der Waals surface area contributed by atoms with Gasteiger partial charge in [-0.25, -0.2) is 0 Å². The van der Waals surface area contributed by atoms with E-state index < -0.39 is 0 Å². The zero-order chi connectivity index (χ0) is 11.9. The van der Waals surface area contributed by atoms with Gasteiger partial charge in [0.2, 0.25) is 0 Å². The zero-order valence-electron chi connectivity index (χ0n) is 10.8. The molecule has 0 aromatic heterocycles. The second-order valence-corrected chi connectivity index (χ2v) is 6.15. The van der Waals surface area contributed by atoms with E-state index in [-0.39, 0.29) is 0 Å². The highest BCUT2D eigenvalue weighted by atomic mass is 15.2. The van der Waals surface area contributed by atoms with Gasteiger partial charge in [0.1, 0.15) is 0 Å². The number of hydrogen-bond acceptors (Lipinski definition) is 2. The van der Waals surface area contributed by atoms with Gasteiger partial charge >= 0.3 is 0 Å². The van der Waals surface area contributed by atoms with Gasteiger partial charge in [-0.2, -0.15) is 0 Å². The largest absolute Gasteiger partial charge is 0.370 e. The van der Waals surface area contributed by atoms with Crippen LogP contribution in [0, 0.1) is 11.3 Å². The average molecular weight is 230 g/mol. The van der Waals surface area contributed by atoms with Crippen LogP contribution in [-0.4, -0.2) is 25.7 Å². The first-order valence-corrected chi connectivity index (χ1v) is 6.70. The van der Waals surface area contributed by atoms with Gasteiger partial charge in [0, 0.05) is 31.4 Å². The maximum atomic E-state index is 3.71. The van der Waals surface area contributed by atoms with Gasteiger partial charge in [-0.05, 0) is 29.9 Å². The minimum atomic E-state index is 0.480. The first kappa shape index (κ1) is 11.1. The van der Waals surface area contributed by atoms with Gasteiger partial charge in [0.25, 0.3) is 0 Å². The average Bonchev–Trinajstić information content (AvgIpc) is 2.66. The van der Waals surface area contributed by atoms with Crippen molar-refractivity contribution in [2.75, 3.05) is 24.5 Å². The lowest BCUT2D eigenvalue weighted by Crippen LogP contribution is -2.47. The third-order valence-corrected chi connectivity index (χ3v) is 4.56. The van der Waals surface area contributed by atoms with Crippen LogP contribution in [0.25, 0.3) is 0 Å². The van der Waals surface area contributed by atoms with E-state index in [0.29, 0.717) is 11.5 Å². The molecular formula is C15H22N2. The van der Waals surface area contributed by atoms with Crippen LogP contribution in [-0.2, 0) is 0 Å². The Morgan fingerprint density at radius 1 is 1.24 bits per heavy atom. The molecule has 0 spiro atoms. The number of fused-ring (bicyclic) bond motifs is 1. The van der Waals surface area contributed by atoms with Crippen LogP contribution >= 0.6 is 0 Å². The van der Waals surface area contributed by atoms with Gasteiger partial charge < -0.3 is 10.2 Å². The molecule has 92 valence electrons. The predicted molar refractivity (Wildman–Crippen MR) is 72.3 cm³/mol. The molecular weight excluding hydrogens is 208 g/mol. The molecule has 0 radical (unpaired) electrons. The normalized spacial score (nSPS) is 31.3. The van der Waals surface area contributed by atoms with Crippen molar-refractivity contribution in [1.82, 2.24) is 5.32 Å². The fourth-order valence-electron chi connectivity index (χ4n) is 3.49. The van der Waals surface area contributed by atoms with Gasteiger partial charge in [-0.3, -0.25) is 0 Å². The number of anilines is 1. The lowest BCUT2D eigenvalue weighted by atomic mass is 9.75. The van der Waals surface area contributed by atoms with Crippen molar-refractivity contribution in [2.45, 2.75) is 26.3 Å². The van der Waals surface area contributed by atoms with Crippen molar-refractivity contribution < 1.29 is 0 Å². The summed E-state index contributed by atoms with van der Waals surface area (Å²) < 4.78 is 0. The van der Waals surface area contributed by atoms with E-state index in [2.05, 4.69) is 54.4 Å². The molecule has 2 aliphatic rings. The summed E-state index contributed by atoms with van der Waals surface area (Å²) in [5.74, 6) is 0.850. The second kappa shape index (κ2) is 4.02. The number of piperidine rings is 1. The molecule has 1 aromatic rings. The summed E-state index contributed by atoms with van der Waals surface area (Å²) in [7, 11) is 0. The van der Waals surface area contributed by atoms with Crippen LogP contribution in [0.3, 0.4) is 0 Å². The fraction of sp³-hybridized carbons (Fsp3) is 0.600. The molecule has 0 amide bonds. The molecule has 0 aliphatic carbocycles. The van der Waals surface area contributed by atoms with Crippen molar-refractivity contribution >= 4 is 5.69 Å². The highest BCUT2D eigenvalue weighted by molar-refractivity contribution is 5.46. The Balaban J connectivity index is 1.74. The SMILES string of the molecule is CC1(C)CNC2CN(c3ccccc3)CCC21. The summed E-state index contributed by atoms with van der Waals surface area (Å²) in [6.45, 7) is 8.35. The number of hydrogen-bond donors (Lipinski definition) is 1. The summed E-state index contributed by atoms with van der Waals surface area (Å²) in [5, 5.41) is 3.71. The summed E-state index contributed by atoms with van der Waals surface area (Å²) in [5.41, 5.74) is 1.85. The molecule has 0 saturated carbocycles. The second-order valence-electron chi connectivity index (χ2n) is 6.15. The van der Waals surface area contributed by atoms with Crippen molar-refractivity contribution in [1.29, 1.82) is 0 Å². The van der Waals surface area contributed by atoms with Crippen molar-refractivity contribution in [2.24, 2.45) is 11.3 Å². The third kappa shape index (κ3) is 1.95. The topological polar surface area (TPSA) is 15.3 Å². The summed E-state index contributed by atoms with van der Waals surface area (Å²) in [6.07, 6.45) is 1.32. The predicted octanol–water partition coefficient (Wildman–Crippen LogP) is 2.51. The van der Waals surface area contributed by atoms with Gasteiger partial charge in [-0.15, -0.1) is 0 Å². The van der Waals surface area contributed by atoms with Crippen LogP contribution < -0.4 is 10.2 Å². The Morgan fingerprint density at radius 3 is 2.76 bits per heavy atom. The van der Waals surface area contributed by atoms with E-state index in [4.69, 9.17) is 0 Å². The number of para-hydroxylation sites is 1. The minimum absolute atomic E-state index is 0.480. The smallest absolute Gasteiger partial charge is 0.0366 e. The monoisotopic (exact) mass is 230 g/mol. The molecule has 2 nitrogen and oxygen atoms in total. The number of benzene rings is 1. The molecule has 3 rings (SSSR count). The van der Waals surface area contributed by atoms with Crippen LogP contribution in [0.4, 0.5) is 5.69 Å². The number of rotatable bonds is 1. The highest BCUT2D eigenvalue weighted by Crippen LogP contribution is 2.40. The lowest BCUT2D eigenvalue weighted by molar-refractivity contribution is 0.227. The molecule has 2 atom stereocenters. The Bertz CT molecular complexity index is 385. The first-order chi connectivity index (χ1) is 8.17. The third-order valence-electron chi connectivity index (χ3n) is 4.56. The maximum absolute atomic E-state index is 3.71. The minimum Gasteiger partial charge on any atom is -0.370 e. The van der Waals surface area contributed by atoms with Gasteiger partial charge in [0.15, 0.2) is 0 Å². The maximum Gasteiger partial charge on any atom is 0.0366 e. The first-order valence-electron chi connectivity index (χ1n) is 6.70. The molecule has 2 heterocycles. The van der Waals surface area contributed by atoms with E-state index in [1.807, 2.05) is 0 Å². The van der Waals surface area contributed by atoms with E-state index in [9.17, 15) is 0 Å². The zero-order valence-corrected chi connectivity index (χ0v) is 10.8. The molecule has 2 fully saturated rings. The molecule has 17 heavy (non-hydrogen) atoms. The summed E-state index contributed by atoms with van der Waals surface area (Å²) >= 11 is 0. The summed E-state index contributed by atoms with van der Waals surface area (Å²) in [6, 6.07) is 11.5. The van der Waals surface area contributed by atoms with Crippen molar-refractivity contribution in [3.05, 3.63) is 30.3 Å². The van der Waals surface area contributed by atoms with E-state index >= 15 is 0 Å². The Hall–Kier alpha value is -1.02. The number of nitrogens with zero attached hydrogens (tertiary/aromatic N) is 1. The van der Waals surface area contributed by atoms with E-state index in [1.165, 1.54) is 25.2 Å². The molecule has 2 heteroatoms. The standard InChI is InChI=1S/C15H22N2/c1-15(2)11-16-14-10-17(9-8-13(14)15)12-6-4-3-5-7-12/h3-7,13-14,16H,8-11H2,1-2H3. The summed E-state index contributed by atoms with van der Waals surface area (Å²) in [4.78, 5) is 2.52. The molecule has 2 unspecified atom stereocenters. The Kier molecular flexibility index (Phi) is 2.62. The van der Waals surface area contributed by atoms with Gasteiger partial charge in [0.05, 0.1) is 0 Å². The Morgan fingerprint density at radius 2 is 2.00 bits per heavy atom. The van der Waals surface area contributed by atoms with E-state index in [1.54, 1.807) is 0 Å². The molecule has 2 aliphatic heterocycles. The Labute approximate surface area is 104 Å². The highest BCUT2D eigenvalue weighted by Gasteiger charge is 2.44. The van der Waals surface area contributed by atoms with E-state index in [0.717, 1.165) is 12.5 Å². The number of nitrogens with one attached hydrogen (secondary N) is 1. The van der Waals surface area contributed by atoms with Crippen LogP contribution in [0.2, 0.25) is 0 Å². The fourth-order valence-corrected chi connectivity index (χ4v) is 3.49. The van der Waals surface area contributed by atoms with Crippen LogP contribution in [0.5, 0.6) is 0 Å².